The maximum absolute atomic E-state index is 5.81. The highest BCUT2D eigenvalue weighted by Gasteiger charge is 2.28. The van der Waals surface area contributed by atoms with Gasteiger partial charge in [0.2, 0.25) is 0 Å². The zero-order chi connectivity index (χ0) is 14.7. The number of hydrogen-bond donors (Lipinski definition) is 1. The zero-order valence-electron chi connectivity index (χ0n) is 12.8. The number of rotatable bonds is 3. The molecular formula is C19H23NO. The first kappa shape index (κ1) is 14.2. The van der Waals surface area contributed by atoms with E-state index in [0.29, 0.717) is 6.04 Å². The predicted octanol–water partition coefficient (Wildman–Crippen LogP) is 4.72. The van der Waals surface area contributed by atoms with E-state index in [1.165, 1.54) is 16.8 Å². The highest BCUT2D eigenvalue weighted by Crippen LogP contribution is 2.31. The Kier molecular flexibility index (Phi) is 3.98. The number of nitrogens with one attached hydrogen (secondary N) is 1. The lowest BCUT2D eigenvalue weighted by Crippen LogP contribution is -2.40. The fourth-order valence-corrected chi connectivity index (χ4v) is 3.05. The van der Waals surface area contributed by atoms with Gasteiger partial charge in [-0.25, -0.2) is 0 Å². The molecule has 3 rings (SSSR count). The van der Waals surface area contributed by atoms with E-state index in [9.17, 15) is 0 Å². The summed E-state index contributed by atoms with van der Waals surface area (Å²) in [5.41, 5.74) is 3.71. The molecule has 0 saturated carbocycles. The molecular weight excluding hydrogens is 258 g/mol. The first-order chi connectivity index (χ1) is 10.1. The molecule has 1 heterocycles. The van der Waals surface area contributed by atoms with E-state index in [1.807, 2.05) is 0 Å². The summed E-state index contributed by atoms with van der Waals surface area (Å²) in [7, 11) is 0. The third-order valence-corrected chi connectivity index (χ3v) is 4.07. The van der Waals surface area contributed by atoms with Crippen LogP contribution in [-0.2, 0) is 4.74 Å². The second kappa shape index (κ2) is 5.90. The van der Waals surface area contributed by atoms with Gasteiger partial charge in [0.1, 0.15) is 0 Å². The van der Waals surface area contributed by atoms with E-state index in [4.69, 9.17) is 4.74 Å². The Bertz CT molecular complexity index is 592. The Morgan fingerprint density at radius 1 is 1.00 bits per heavy atom. The molecule has 1 unspecified atom stereocenters. The summed E-state index contributed by atoms with van der Waals surface area (Å²) in [4.78, 5) is 0. The molecule has 110 valence electrons. The van der Waals surface area contributed by atoms with E-state index < -0.39 is 0 Å². The van der Waals surface area contributed by atoms with Crippen LogP contribution in [0.3, 0.4) is 0 Å². The van der Waals surface area contributed by atoms with Crippen molar-refractivity contribution >= 4 is 5.69 Å². The monoisotopic (exact) mass is 281 g/mol. The molecule has 0 radical (unpaired) electrons. The predicted molar refractivity (Wildman–Crippen MR) is 88.6 cm³/mol. The molecule has 0 spiro atoms. The summed E-state index contributed by atoms with van der Waals surface area (Å²) in [6, 6.07) is 19.6. The molecule has 2 heteroatoms. The molecule has 1 aliphatic heterocycles. The molecule has 1 fully saturated rings. The Morgan fingerprint density at radius 3 is 2.48 bits per heavy atom. The maximum Gasteiger partial charge on any atom is 0.0646 e. The van der Waals surface area contributed by atoms with Crippen molar-refractivity contribution in [3.8, 4) is 11.1 Å². The number of ether oxygens (including phenoxy) is 1. The number of benzene rings is 2. The van der Waals surface area contributed by atoms with Crippen molar-refractivity contribution in [1.29, 1.82) is 0 Å². The van der Waals surface area contributed by atoms with Gasteiger partial charge >= 0.3 is 0 Å². The average molecular weight is 281 g/mol. The zero-order valence-corrected chi connectivity index (χ0v) is 12.8. The summed E-state index contributed by atoms with van der Waals surface area (Å²) in [6.45, 7) is 5.17. The van der Waals surface area contributed by atoms with Gasteiger partial charge in [-0.15, -0.1) is 0 Å². The van der Waals surface area contributed by atoms with Crippen LogP contribution in [0.4, 0.5) is 5.69 Å². The van der Waals surface area contributed by atoms with E-state index in [0.717, 1.165) is 19.4 Å². The summed E-state index contributed by atoms with van der Waals surface area (Å²) >= 11 is 0. The van der Waals surface area contributed by atoms with Crippen molar-refractivity contribution in [2.24, 2.45) is 0 Å². The second-order valence-electron chi connectivity index (χ2n) is 6.35. The third-order valence-electron chi connectivity index (χ3n) is 4.07. The van der Waals surface area contributed by atoms with Gasteiger partial charge < -0.3 is 10.1 Å². The fourth-order valence-electron chi connectivity index (χ4n) is 3.05. The van der Waals surface area contributed by atoms with Gasteiger partial charge in [0.05, 0.1) is 5.60 Å². The quantitative estimate of drug-likeness (QED) is 0.878. The lowest BCUT2D eigenvalue weighted by Gasteiger charge is -2.36. The van der Waals surface area contributed by atoms with Gasteiger partial charge in [0.25, 0.3) is 0 Å². The average Bonchev–Trinajstić information content (AvgIpc) is 2.48. The second-order valence-corrected chi connectivity index (χ2v) is 6.35. The van der Waals surface area contributed by atoms with Crippen LogP contribution >= 0.6 is 0 Å². The molecule has 0 amide bonds. The topological polar surface area (TPSA) is 21.3 Å². The van der Waals surface area contributed by atoms with Crippen molar-refractivity contribution in [1.82, 2.24) is 0 Å². The molecule has 2 aromatic carbocycles. The van der Waals surface area contributed by atoms with Crippen molar-refractivity contribution < 1.29 is 4.74 Å². The molecule has 0 bridgehead atoms. The minimum absolute atomic E-state index is 0.0302. The molecule has 1 aliphatic rings. The first-order valence-corrected chi connectivity index (χ1v) is 7.69. The molecule has 21 heavy (non-hydrogen) atoms. The van der Waals surface area contributed by atoms with Crippen molar-refractivity contribution in [3.63, 3.8) is 0 Å². The Balaban J connectivity index is 1.83. The molecule has 2 nitrogen and oxygen atoms in total. The third kappa shape index (κ3) is 3.45. The highest BCUT2D eigenvalue weighted by atomic mass is 16.5. The van der Waals surface area contributed by atoms with Crippen LogP contribution in [0.15, 0.2) is 54.6 Å². The lowest BCUT2D eigenvalue weighted by atomic mass is 9.93. The van der Waals surface area contributed by atoms with E-state index in [-0.39, 0.29) is 5.60 Å². The molecule has 1 atom stereocenters. The minimum atomic E-state index is -0.0302. The van der Waals surface area contributed by atoms with Crippen LogP contribution in [0.2, 0.25) is 0 Å². The largest absolute Gasteiger partial charge is 0.382 e. The summed E-state index contributed by atoms with van der Waals surface area (Å²) in [5, 5.41) is 3.72. The maximum atomic E-state index is 5.81. The van der Waals surface area contributed by atoms with E-state index in [1.54, 1.807) is 0 Å². The number of hydrogen-bond acceptors (Lipinski definition) is 2. The summed E-state index contributed by atoms with van der Waals surface area (Å²) < 4.78 is 5.81. The van der Waals surface area contributed by atoms with Crippen LogP contribution in [0.1, 0.15) is 26.7 Å². The number of para-hydroxylation sites is 1. The van der Waals surface area contributed by atoms with Crippen LogP contribution in [0, 0.1) is 0 Å². The van der Waals surface area contributed by atoms with Crippen molar-refractivity contribution in [3.05, 3.63) is 54.6 Å². The normalized spacial score (nSPS) is 21.0. The molecule has 2 aromatic rings. The van der Waals surface area contributed by atoms with Crippen molar-refractivity contribution in [2.75, 3.05) is 11.9 Å². The van der Waals surface area contributed by atoms with Gasteiger partial charge in [-0.1, -0.05) is 48.5 Å². The Labute approximate surface area is 127 Å². The first-order valence-electron chi connectivity index (χ1n) is 7.69. The standard InChI is InChI=1S/C19H23NO/c1-19(2)14-16(12-13-21-19)20-18-11-7-6-10-17(18)15-8-4-3-5-9-15/h3-11,16,20H,12-14H2,1-2H3. The van der Waals surface area contributed by atoms with Crippen molar-refractivity contribution in [2.45, 2.75) is 38.3 Å². The van der Waals surface area contributed by atoms with E-state index >= 15 is 0 Å². The van der Waals surface area contributed by atoms with Crippen LogP contribution in [0.25, 0.3) is 11.1 Å². The smallest absolute Gasteiger partial charge is 0.0646 e. The summed E-state index contributed by atoms with van der Waals surface area (Å²) in [6.07, 6.45) is 2.10. The molecule has 0 aliphatic carbocycles. The molecule has 0 aromatic heterocycles. The van der Waals surface area contributed by atoms with Gasteiger partial charge in [-0.3, -0.25) is 0 Å². The van der Waals surface area contributed by atoms with Gasteiger partial charge in [-0.05, 0) is 38.3 Å². The van der Waals surface area contributed by atoms with Crippen LogP contribution in [-0.4, -0.2) is 18.2 Å². The molecule has 1 saturated heterocycles. The fraction of sp³-hybridized carbons (Fsp3) is 0.368. The van der Waals surface area contributed by atoms with Crippen LogP contribution in [0.5, 0.6) is 0 Å². The lowest BCUT2D eigenvalue weighted by molar-refractivity contribution is -0.0553. The minimum Gasteiger partial charge on any atom is -0.382 e. The SMILES string of the molecule is CC1(C)CC(Nc2ccccc2-c2ccccc2)CCO1. The van der Waals surface area contributed by atoms with Crippen LogP contribution < -0.4 is 5.32 Å². The summed E-state index contributed by atoms with van der Waals surface area (Å²) in [5.74, 6) is 0. The van der Waals surface area contributed by atoms with Gasteiger partial charge in [0.15, 0.2) is 0 Å². The highest BCUT2D eigenvalue weighted by molar-refractivity contribution is 5.77. The Morgan fingerprint density at radius 2 is 1.71 bits per heavy atom. The number of anilines is 1. The van der Waals surface area contributed by atoms with Gasteiger partial charge in [-0.2, -0.15) is 0 Å². The van der Waals surface area contributed by atoms with E-state index in [2.05, 4.69) is 73.8 Å². The van der Waals surface area contributed by atoms with Gasteiger partial charge in [0, 0.05) is 23.9 Å². The molecule has 1 N–H and O–H groups in total. The Hall–Kier alpha value is -1.80.